The molecule has 0 bridgehead atoms. The Morgan fingerprint density at radius 2 is 2.11 bits per heavy atom. The van der Waals surface area contributed by atoms with E-state index in [9.17, 15) is 0 Å². The molecule has 2 N–H and O–H groups in total. The van der Waals surface area contributed by atoms with Crippen LogP contribution in [0, 0.1) is 0 Å². The predicted molar refractivity (Wildman–Crippen MR) is 116 cm³/mol. The number of rotatable bonds is 5. The summed E-state index contributed by atoms with van der Waals surface area (Å²) < 4.78 is 1.86. The molecule has 2 aromatic heterocycles. The Hall–Kier alpha value is -2.67. The van der Waals surface area contributed by atoms with Crippen LogP contribution in [0.5, 0.6) is 0 Å². The third kappa shape index (κ3) is 4.98. The molecule has 1 atom stereocenters. The number of nitrogens with zero attached hydrogens (tertiary/aromatic N) is 4. The predicted octanol–water partition coefficient (Wildman–Crippen LogP) is 4.05. The second-order valence-electron chi connectivity index (χ2n) is 7.71. The first-order valence-corrected chi connectivity index (χ1v) is 10.3. The van der Waals surface area contributed by atoms with Gasteiger partial charge < -0.3 is 10.6 Å². The minimum Gasteiger partial charge on any atom is -0.350 e. The quantitative estimate of drug-likeness (QED) is 0.504. The summed E-state index contributed by atoms with van der Waals surface area (Å²) in [6.07, 6.45) is 3.72. The number of hydrogen-bond donors (Lipinski definition) is 2. The fourth-order valence-electron chi connectivity index (χ4n) is 2.74. The highest BCUT2D eigenvalue weighted by atomic mass is 32.1. The molecule has 0 fully saturated rings. The highest BCUT2D eigenvalue weighted by Crippen LogP contribution is 2.23. The molecule has 148 valence electrons. The van der Waals surface area contributed by atoms with E-state index in [4.69, 9.17) is 4.98 Å². The molecule has 28 heavy (non-hydrogen) atoms. The van der Waals surface area contributed by atoms with Gasteiger partial charge in [0.25, 0.3) is 0 Å². The van der Waals surface area contributed by atoms with Gasteiger partial charge in [-0.1, -0.05) is 32.9 Å². The van der Waals surface area contributed by atoms with E-state index in [0.717, 1.165) is 22.3 Å². The van der Waals surface area contributed by atoms with Crippen molar-refractivity contribution < 1.29 is 0 Å². The van der Waals surface area contributed by atoms with Crippen molar-refractivity contribution in [2.24, 2.45) is 4.99 Å². The molecule has 1 aromatic carbocycles. The van der Waals surface area contributed by atoms with Crippen LogP contribution in [0.15, 0.2) is 53.1 Å². The Labute approximate surface area is 170 Å². The van der Waals surface area contributed by atoms with Gasteiger partial charge in [0.1, 0.15) is 5.01 Å². The zero-order chi connectivity index (χ0) is 20.1. The summed E-state index contributed by atoms with van der Waals surface area (Å²) in [5.41, 5.74) is 3.40. The van der Waals surface area contributed by atoms with E-state index >= 15 is 0 Å². The lowest BCUT2D eigenvalue weighted by Crippen LogP contribution is -2.38. The first kappa shape index (κ1) is 20.1. The number of nitrogens with one attached hydrogen (secondary N) is 2. The summed E-state index contributed by atoms with van der Waals surface area (Å²) in [6.45, 7) is 9.31. The molecule has 0 spiro atoms. The summed E-state index contributed by atoms with van der Waals surface area (Å²) in [4.78, 5) is 9.08. The first-order valence-electron chi connectivity index (χ1n) is 9.39. The van der Waals surface area contributed by atoms with Crippen molar-refractivity contribution in [1.82, 2.24) is 25.4 Å². The van der Waals surface area contributed by atoms with Gasteiger partial charge in [-0.2, -0.15) is 5.10 Å². The zero-order valence-electron chi connectivity index (χ0n) is 17.1. The van der Waals surface area contributed by atoms with Gasteiger partial charge in [0.2, 0.25) is 0 Å². The maximum Gasteiger partial charge on any atom is 0.191 e. The Bertz CT molecular complexity index is 921. The Kier molecular flexibility index (Phi) is 6.14. The van der Waals surface area contributed by atoms with Crippen molar-refractivity contribution in [3.63, 3.8) is 0 Å². The number of thiazole rings is 1. The standard InChI is InChI=1S/C21H28N6S/c1-15(16-8-6-9-17(12-16)27-11-7-10-24-27)25-20(22-5)23-13-19-26-18(14-28-19)21(2,3)4/h6-12,14-15H,13H2,1-5H3,(H2,22,23,25). The highest BCUT2D eigenvalue weighted by Gasteiger charge is 2.17. The van der Waals surface area contributed by atoms with E-state index in [1.165, 1.54) is 5.56 Å². The van der Waals surface area contributed by atoms with Gasteiger partial charge in [-0.25, -0.2) is 9.67 Å². The van der Waals surface area contributed by atoms with Crippen LogP contribution in [0.3, 0.4) is 0 Å². The van der Waals surface area contributed by atoms with Crippen LogP contribution in [0.4, 0.5) is 0 Å². The van der Waals surface area contributed by atoms with Crippen LogP contribution >= 0.6 is 11.3 Å². The first-order chi connectivity index (χ1) is 13.4. The van der Waals surface area contributed by atoms with Crippen molar-refractivity contribution in [2.75, 3.05) is 7.05 Å². The molecule has 0 aliphatic carbocycles. The summed E-state index contributed by atoms with van der Waals surface area (Å²) in [7, 11) is 1.78. The van der Waals surface area contributed by atoms with E-state index in [2.05, 4.69) is 65.9 Å². The van der Waals surface area contributed by atoms with Crippen molar-refractivity contribution in [3.8, 4) is 5.69 Å². The van der Waals surface area contributed by atoms with Crippen LogP contribution in [0.2, 0.25) is 0 Å². The average Bonchev–Trinajstić information content (AvgIpc) is 3.36. The average molecular weight is 397 g/mol. The Morgan fingerprint density at radius 3 is 2.75 bits per heavy atom. The molecule has 0 aliphatic rings. The molecule has 3 rings (SSSR count). The van der Waals surface area contributed by atoms with Crippen molar-refractivity contribution in [3.05, 3.63) is 64.4 Å². The number of hydrogen-bond acceptors (Lipinski definition) is 4. The third-order valence-electron chi connectivity index (χ3n) is 4.44. The van der Waals surface area contributed by atoms with E-state index in [1.807, 2.05) is 29.1 Å². The van der Waals surface area contributed by atoms with Gasteiger partial charge in [0.05, 0.1) is 24.0 Å². The van der Waals surface area contributed by atoms with Crippen molar-refractivity contribution in [1.29, 1.82) is 0 Å². The topological polar surface area (TPSA) is 67.1 Å². The Balaban J connectivity index is 1.62. The lowest BCUT2D eigenvalue weighted by molar-refractivity contribution is 0.570. The molecule has 3 aromatic rings. The van der Waals surface area contributed by atoms with Gasteiger partial charge in [-0.15, -0.1) is 11.3 Å². The largest absolute Gasteiger partial charge is 0.350 e. The fourth-order valence-corrected chi connectivity index (χ4v) is 3.70. The molecule has 7 heteroatoms. The molecule has 0 amide bonds. The molecule has 0 radical (unpaired) electrons. The summed E-state index contributed by atoms with van der Waals surface area (Å²) in [5.74, 6) is 0.754. The fraction of sp³-hybridized carbons (Fsp3) is 0.381. The van der Waals surface area contributed by atoms with Gasteiger partial charge >= 0.3 is 0 Å². The van der Waals surface area contributed by atoms with Crippen molar-refractivity contribution >= 4 is 17.3 Å². The SMILES string of the molecule is CN=C(NCc1nc(C(C)(C)C)cs1)NC(C)c1cccc(-n2cccn2)c1. The summed E-state index contributed by atoms with van der Waals surface area (Å²) in [6, 6.07) is 10.4. The minimum absolute atomic E-state index is 0.0722. The Morgan fingerprint density at radius 1 is 1.29 bits per heavy atom. The van der Waals surface area contributed by atoms with Crippen LogP contribution in [-0.4, -0.2) is 27.8 Å². The maximum atomic E-state index is 4.73. The normalized spacial score (nSPS) is 13.4. The van der Waals surface area contributed by atoms with Crippen LogP contribution in [0.1, 0.15) is 50.0 Å². The zero-order valence-corrected chi connectivity index (χ0v) is 17.9. The van der Waals surface area contributed by atoms with Gasteiger partial charge in [0, 0.05) is 30.2 Å². The monoisotopic (exact) mass is 396 g/mol. The lowest BCUT2D eigenvalue weighted by atomic mass is 9.93. The van der Waals surface area contributed by atoms with Gasteiger partial charge in [-0.3, -0.25) is 4.99 Å². The van der Waals surface area contributed by atoms with Crippen LogP contribution in [-0.2, 0) is 12.0 Å². The highest BCUT2D eigenvalue weighted by molar-refractivity contribution is 7.09. The second kappa shape index (κ2) is 8.56. The van der Waals surface area contributed by atoms with E-state index in [1.54, 1.807) is 24.6 Å². The summed E-state index contributed by atoms with van der Waals surface area (Å²) >= 11 is 1.68. The van der Waals surface area contributed by atoms with Crippen molar-refractivity contribution in [2.45, 2.75) is 45.7 Å². The summed E-state index contributed by atoms with van der Waals surface area (Å²) in [5, 5.41) is 14.3. The molecule has 0 aliphatic heterocycles. The van der Waals surface area contributed by atoms with E-state index in [-0.39, 0.29) is 11.5 Å². The van der Waals surface area contributed by atoms with Gasteiger partial charge in [-0.05, 0) is 30.7 Å². The van der Waals surface area contributed by atoms with Crippen LogP contribution < -0.4 is 10.6 Å². The number of benzene rings is 1. The molecule has 1 unspecified atom stereocenters. The molecule has 2 heterocycles. The molecular weight excluding hydrogens is 368 g/mol. The van der Waals surface area contributed by atoms with E-state index < -0.39 is 0 Å². The third-order valence-corrected chi connectivity index (χ3v) is 5.29. The minimum atomic E-state index is 0.0722. The van der Waals surface area contributed by atoms with Crippen LogP contribution in [0.25, 0.3) is 5.69 Å². The maximum absolute atomic E-state index is 4.73. The number of aromatic nitrogens is 3. The molecule has 0 saturated carbocycles. The smallest absolute Gasteiger partial charge is 0.191 e. The number of guanidine groups is 1. The molecular formula is C21H28N6S. The van der Waals surface area contributed by atoms with Gasteiger partial charge in [0.15, 0.2) is 5.96 Å². The lowest BCUT2D eigenvalue weighted by Gasteiger charge is -2.18. The van der Waals surface area contributed by atoms with E-state index in [0.29, 0.717) is 6.54 Å². The second-order valence-corrected chi connectivity index (χ2v) is 8.66. The molecule has 6 nitrogen and oxygen atoms in total. The number of aliphatic imine (C=N–C) groups is 1. The molecule has 0 saturated heterocycles.